The van der Waals surface area contributed by atoms with Crippen molar-refractivity contribution in [1.29, 1.82) is 0 Å². The molecule has 0 bridgehead atoms. The van der Waals surface area contributed by atoms with Crippen LogP contribution in [0.15, 0.2) is 72.8 Å². The summed E-state index contributed by atoms with van der Waals surface area (Å²) in [5.74, 6) is 0.774. The van der Waals surface area contributed by atoms with E-state index in [0.29, 0.717) is 16.8 Å². The van der Waals surface area contributed by atoms with Gasteiger partial charge in [0.05, 0.1) is 17.5 Å². The SMILES string of the molecule is CCCC(C)Oc1ccc(C(=O)c2ccc(Nc3ccccc3N)cc2)cc1. The number of nitrogens with two attached hydrogens (primary N) is 1. The van der Waals surface area contributed by atoms with E-state index >= 15 is 0 Å². The highest BCUT2D eigenvalue weighted by atomic mass is 16.5. The summed E-state index contributed by atoms with van der Waals surface area (Å²) in [6, 6.07) is 22.3. The van der Waals surface area contributed by atoms with Crippen LogP contribution in [0, 0.1) is 0 Å². The van der Waals surface area contributed by atoms with Gasteiger partial charge in [-0.1, -0.05) is 25.5 Å². The zero-order chi connectivity index (χ0) is 19.9. The first kappa shape index (κ1) is 19.5. The fourth-order valence-corrected chi connectivity index (χ4v) is 3.02. The first-order chi connectivity index (χ1) is 13.6. The molecule has 0 spiro atoms. The van der Waals surface area contributed by atoms with Crippen LogP contribution in [0.3, 0.4) is 0 Å². The number of hydrogen-bond donors (Lipinski definition) is 2. The molecule has 4 heteroatoms. The second-order valence-corrected chi connectivity index (χ2v) is 6.86. The van der Waals surface area contributed by atoms with E-state index in [9.17, 15) is 4.79 Å². The predicted molar refractivity (Wildman–Crippen MR) is 115 cm³/mol. The third-order valence-corrected chi connectivity index (χ3v) is 4.54. The van der Waals surface area contributed by atoms with Crippen LogP contribution in [0.5, 0.6) is 5.75 Å². The van der Waals surface area contributed by atoms with Crippen LogP contribution in [0.2, 0.25) is 0 Å². The van der Waals surface area contributed by atoms with Gasteiger partial charge in [-0.05, 0) is 74.0 Å². The summed E-state index contributed by atoms with van der Waals surface area (Å²) in [5.41, 5.74) is 9.63. The second-order valence-electron chi connectivity index (χ2n) is 6.86. The molecule has 0 heterocycles. The van der Waals surface area contributed by atoms with Gasteiger partial charge in [0.15, 0.2) is 5.78 Å². The molecule has 0 saturated heterocycles. The third kappa shape index (κ3) is 4.92. The first-order valence-electron chi connectivity index (χ1n) is 9.60. The largest absolute Gasteiger partial charge is 0.491 e. The lowest BCUT2D eigenvalue weighted by Gasteiger charge is -2.14. The Labute approximate surface area is 166 Å². The Balaban J connectivity index is 1.66. The number of benzene rings is 3. The molecule has 1 atom stereocenters. The molecule has 0 aliphatic carbocycles. The van der Waals surface area contributed by atoms with E-state index in [-0.39, 0.29) is 11.9 Å². The monoisotopic (exact) mass is 374 g/mol. The van der Waals surface area contributed by atoms with Gasteiger partial charge in [-0.25, -0.2) is 0 Å². The Hall–Kier alpha value is -3.27. The summed E-state index contributed by atoms with van der Waals surface area (Å²) < 4.78 is 5.85. The number of ketones is 1. The maximum Gasteiger partial charge on any atom is 0.193 e. The molecule has 0 saturated carbocycles. The molecule has 0 aromatic heterocycles. The van der Waals surface area contributed by atoms with E-state index < -0.39 is 0 Å². The van der Waals surface area contributed by atoms with Crippen molar-refractivity contribution in [3.05, 3.63) is 83.9 Å². The normalized spacial score (nSPS) is 11.6. The molecule has 3 aromatic carbocycles. The number of nitrogen functional groups attached to an aromatic ring is 1. The predicted octanol–water partition coefficient (Wildman–Crippen LogP) is 5.81. The number of anilines is 3. The zero-order valence-electron chi connectivity index (χ0n) is 16.3. The van der Waals surface area contributed by atoms with Crippen LogP contribution in [0.25, 0.3) is 0 Å². The highest BCUT2D eigenvalue weighted by Gasteiger charge is 2.10. The highest BCUT2D eigenvalue weighted by Crippen LogP contribution is 2.23. The lowest BCUT2D eigenvalue weighted by atomic mass is 10.0. The Kier molecular flexibility index (Phi) is 6.33. The van der Waals surface area contributed by atoms with Crippen LogP contribution in [-0.4, -0.2) is 11.9 Å². The third-order valence-electron chi connectivity index (χ3n) is 4.54. The number of rotatable bonds is 8. The summed E-state index contributed by atoms with van der Waals surface area (Å²) in [4.78, 5) is 12.7. The van der Waals surface area contributed by atoms with Crippen molar-refractivity contribution in [2.45, 2.75) is 32.8 Å². The van der Waals surface area contributed by atoms with Crippen LogP contribution >= 0.6 is 0 Å². The number of ether oxygens (including phenoxy) is 1. The van der Waals surface area contributed by atoms with E-state index in [2.05, 4.69) is 19.2 Å². The Morgan fingerprint density at radius 2 is 1.57 bits per heavy atom. The summed E-state index contributed by atoms with van der Waals surface area (Å²) in [5, 5.41) is 3.26. The molecule has 0 aliphatic heterocycles. The van der Waals surface area contributed by atoms with Crippen LogP contribution in [-0.2, 0) is 0 Å². The molecule has 0 radical (unpaired) electrons. The van der Waals surface area contributed by atoms with Crippen LogP contribution in [0.4, 0.5) is 17.1 Å². The van der Waals surface area contributed by atoms with Gasteiger partial charge in [0, 0.05) is 16.8 Å². The molecule has 28 heavy (non-hydrogen) atoms. The zero-order valence-corrected chi connectivity index (χ0v) is 16.3. The Morgan fingerprint density at radius 1 is 0.964 bits per heavy atom. The van der Waals surface area contributed by atoms with Crippen molar-refractivity contribution in [3.8, 4) is 5.75 Å². The number of carbonyl (C=O) groups excluding carboxylic acids is 1. The summed E-state index contributed by atoms with van der Waals surface area (Å²) >= 11 is 0. The Morgan fingerprint density at radius 3 is 2.18 bits per heavy atom. The molecule has 0 fully saturated rings. The molecule has 144 valence electrons. The highest BCUT2D eigenvalue weighted by molar-refractivity contribution is 6.09. The van der Waals surface area contributed by atoms with Gasteiger partial charge in [-0.3, -0.25) is 4.79 Å². The summed E-state index contributed by atoms with van der Waals surface area (Å²) in [6.45, 7) is 4.19. The fourth-order valence-electron chi connectivity index (χ4n) is 3.02. The standard InChI is InChI=1S/C24H26N2O2/c1-3-6-17(2)28-21-15-11-19(12-16-21)24(27)18-9-13-20(14-10-18)26-23-8-5-4-7-22(23)25/h4-5,7-17,26H,3,6,25H2,1-2H3. The maximum absolute atomic E-state index is 12.7. The molecule has 3 rings (SSSR count). The number of nitrogens with one attached hydrogen (secondary N) is 1. The van der Waals surface area contributed by atoms with Gasteiger partial charge in [-0.15, -0.1) is 0 Å². The average Bonchev–Trinajstić information content (AvgIpc) is 2.70. The number of hydrogen-bond acceptors (Lipinski definition) is 4. The van der Waals surface area contributed by atoms with Gasteiger partial charge in [0.25, 0.3) is 0 Å². The lowest BCUT2D eigenvalue weighted by molar-refractivity contribution is 0.103. The first-order valence-corrected chi connectivity index (χ1v) is 9.60. The minimum Gasteiger partial charge on any atom is -0.491 e. The van der Waals surface area contributed by atoms with Gasteiger partial charge >= 0.3 is 0 Å². The van der Waals surface area contributed by atoms with Gasteiger partial charge < -0.3 is 15.8 Å². The molecule has 0 amide bonds. The average molecular weight is 374 g/mol. The van der Waals surface area contributed by atoms with Crippen LogP contribution in [0.1, 0.15) is 42.6 Å². The van der Waals surface area contributed by atoms with E-state index in [1.54, 1.807) is 0 Å². The lowest BCUT2D eigenvalue weighted by Crippen LogP contribution is -2.11. The van der Waals surface area contributed by atoms with Gasteiger partial charge in [-0.2, -0.15) is 0 Å². The molecule has 4 nitrogen and oxygen atoms in total. The topological polar surface area (TPSA) is 64.3 Å². The number of carbonyl (C=O) groups is 1. The molecule has 1 unspecified atom stereocenters. The summed E-state index contributed by atoms with van der Waals surface area (Å²) in [6.07, 6.45) is 2.26. The maximum atomic E-state index is 12.7. The van der Waals surface area contributed by atoms with Gasteiger partial charge in [0.2, 0.25) is 0 Å². The Bertz CT molecular complexity index is 918. The van der Waals surface area contributed by atoms with Crippen molar-refractivity contribution in [2.75, 3.05) is 11.1 Å². The van der Waals surface area contributed by atoms with E-state index in [0.717, 1.165) is 30.0 Å². The van der Waals surface area contributed by atoms with E-state index in [1.165, 1.54) is 0 Å². The second kappa shape index (κ2) is 9.09. The summed E-state index contributed by atoms with van der Waals surface area (Å²) in [7, 11) is 0. The van der Waals surface area contributed by atoms with Crippen molar-refractivity contribution in [3.63, 3.8) is 0 Å². The van der Waals surface area contributed by atoms with Crippen molar-refractivity contribution in [1.82, 2.24) is 0 Å². The molecular formula is C24H26N2O2. The van der Waals surface area contributed by atoms with E-state index in [1.807, 2.05) is 72.8 Å². The van der Waals surface area contributed by atoms with E-state index in [4.69, 9.17) is 10.5 Å². The smallest absolute Gasteiger partial charge is 0.193 e. The van der Waals surface area contributed by atoms with Crippen molar-refractivity contribution < 1.29 is 9.53 Å². The minimum atomic E-state index is -0.0149. The minimum absolute atomic E-state index is 0.0149. The quantitative estimate of drug-likeness (QED) is 0.386. The van der Waals surface area contributed by atoms with Gasteiger partial charge in [0.1, 0.15) is 5.75 Å². The number of para-hydroxylation sites is 2. The van der Waals surface area contributed by atoms with Crippen molar-refractivity contribution >= 4 is 22.8 Å². The molecule has 3 aromatic rings. The molecule has 3 N–H and O–H groups in total. The molecular weight excluding hydrogens is 348 g/mol. The van der Waals surface area contributed by atoms with Crippen LogP contribution < -0.4 is 15.8 Å². The fraction of sp³-hybridized carbons (Fsp3) is 0.208. The van der Waals surface area contributed by atoms with Crippen molar-refractivity contribution in [2.24, 2.45) is 0 Å². The molecule has 0 aliphatic rings.